The van der Waals surface area contributed by atoms with Crippen molar-refractivity contribution >= 4 is 5.91 Å². The fraction of sp³-hybridized carbons (Fsp3) is 0.944. The molecule has 3 fully saturated rings. The Kier molecular flexibility index (Phi) is 5.60. The number of nitrogens with one attached hydrogen (secondary N) is 1. The van der Waals surface area contributed by atoms with Crippen LogP contribution < -0.4 is 5.32 Å². The molecule has 0 aromatic rings. The molecule has 0 spiro atoms. The highest BCUT2D eigenvalue weighted by Gasteiger charge is 2.37. The van der Waals surface area contributed by atoms with E-state index in [9.17, 15) is 9.90 Å². The molecule has 1 saturated carbocycles. The van der Waals surface area contributed by atoms with E-state index in [0.717, 1.165) is 58.4 Å². The highest BCUT2D eigenvalue weighted by Crippen LogP contribution is 2.26. The normalized spacial score (nSPS) is 28.1. The Morgan fingerprint density at radius 3 is 2.35 bits per heavy atom. The molecule has 132 valence electrons. The van der Waals surface area contributed by atoms with E-state index in [1.165, 1.54) is 25.7 Å². The topological polar surface area (TPSA) is 55.8 Å². The first kappa shape index (κ1) is 17.2. The van der Waals surface area contributed by atoms with Crippen LogP contribution in [0.2, 0.25) is 0 Å². The van der Waals surface area contributed by atoms with Crippen molar-refractivity contribution < 1.29 is 9.90 Å². The number of hydrogen-bond donors (Lipinski definition) is 2. The van der Waals surface area contributed by atoms with Gasteiger partial charge in [-0.25, -0.2) is 0 Å². The Balaban J connectivity index is 1.44. The first-order valence-electron chi connectivity index (χ1n) is 9.55. The molecule has 1 aliphatic carbocycles. The largest absolute Gasteiger partial charge is 0.388 e. The van der Waals surface area contributed by atoms with Crippen molar-refractivity contribution in [3.8, 4) is 0 Å². The number of likely N-dealkylation sites (tertiary alicyclic amines) is 2. The smallest absolute Gasteiger partial charge is 0.237 e. The lowest BCUT2D eigenvalue weighted by atomic mass is 9.90. The number of piperidine rings is 1. The van der Waals surface area contributed by atoms with Gasteiger partial charge in [-0.2, -0.15) is 0 Å². The Labute approximate surface area is 140 Å². The molecule has 1 amide bonds. The minimum atomic E-state index is -0.553. The summed E-state index contributed by atoms with van der Waals surface area (Å²) < 4.78 is 0. The Morgan fingerprint density at radius 2 is 1.74 bits per heavy atom. The van der Waals surface area contributed by atoms with Crippen molar-refractivity contribution in [3.63, 3.8) is 0 Å². The van der Waals surface area contributed by atoms with Gasteiger partial charge in [0.2, 0.25) is 5.91 Å². The summed E-state index contributed by atoms with van der Waals surface area (Å²) in [4.78, 5) is 17.0. The molecule has 5 heteroatoms. The molecule has 1 atom stereocenters. The van der Waals surface area contributed by atoms with Gasteiger partial charge in [0.1, 0.15) is 0 Å². The van der Waals surface area contributed by atoms with Crippen LogP contribution in [0.4, 0.5) is 0 Å². The fourth-order valence-corrected chi connectivity index (χ4v) is 4.40. The van der Waals surface area contributed by atoms with Crippen molar-refractivity contribution in [2.24, 2.45) is 0 Å². The summed E-state index contributed by atoms with van der Waals surface area (Å²) in [7, 11) is 0. The minimum Gasteiger partial charge on any atom is -0.388 e. The Bertz CT molecular complexity index is 395. The maximum absolute atomic E-state index is 12.4. The molecule has 2 aliphatic heterocycles. The summed E-state index contributed by atoms with van der Waals surface area (Å²) >= 11 is 0. The predicted molar refractivity (Wildman–Crippen MR) is 91.3 cm³/mol. The summed E-state index contributed by atoms with van der Waals surface area (Å²) in [6.45, 7) is 6.73. The number of β-amino-alcohol motifs (C(OH)–C–C–N with tert-alkyl or cyclic N) is 1. The van der Waals surface area contributed by atoms with Crippen molar-refractivity contribution in [1.29, 1.82) is 0 Å². The molecule has 23 heavy (non-hydrogen) atoms. The fourth-order valence-electron chi connectivity index (χ4n) is 4.40. The number of amides is 1. The van der Waals surface area contributed by atoms with E-state index in [1.807, 2.05) is 6.92 Å². The van der Waals surface area contributed by atoms with Gasteiger partial charge in [0.25, 0.3) is 0 Å². The molecule has 2 heterocycles. The van der Waals surface area contributed by atoms with Gasteiger partial charge in [-0.15, -0.1) is 0 Å². The van der Waals surface area contributed by atoms with Gasteiger partial charge in [0.15, 0.2) is 0 Å². The van der Waals surface area contributed by atoms with Crippen LogP contribution in [0.3, 0.4) is 0 Å². The van der Waals surface area contributed by atoms with Crippen LogP contribution in [-0.4, -0.2) is 71.2 Å². The van der Waals surface area contributed by atoms with Crippen LogP contribution in [0.25, 0.3) is 0 Å². The predicted octanol–water partition coefficient (Wildman–Crippen LogP) is 1.36. The Hall–Kier alpha value is -0.650. The van der Waals surface area contributed by atoms with Gasteiger partial charge in [0, 0.05) is 25.7 Å². The average molecular weight is 323 g/mol. The number of carbonyl (C=O) groups is 1. The molecule has 0 aromatic heterocycles. The molecule has 0 bridgehead atoms. The minimum absolute atomic E-state index is 0.0769. The first-order valence-corrected chi connectivity index (χ1v) is 9.55. The van der Waals surface area contributed by atoms with Crippen LogP contribution in [0.15, 0.2) is 0 Å². The highest BCUT2D eigenvalue weighted by molar-refractivity contribution is 5.81. The van der Waals surface area contributed by atoms with Crippen LogP contribution in [0.5, 0.6) is 0 Å². The summed E-state index contributed by atoms with van der Waals surface area (Å²) in [5, 5.41) is 14.0. The van der Waals surface area contributed by atoms with Gasteiger partial charge >= 0.3 is 0 Å². The van der Waals surface area contributed by atoms with Crippen LogP contribution in [0.1, 0.15) is 58.3 Å². The second-order valence-electron chi connectivity index (χ2n) is 7.91. The van der Waals surface area contributed by atoms with E-state index in [0.29, 0.717) is 6.04 Å². The first-order chi connectivity index (χ1) is 11.1. The number of carbonyl (C=O) groups excluding carboxylic acids is 1. The number of nitrogens with zero attached hydrogens (tertiary/aromatic N) is 2. The molecule has 3 aliphatic rings. The molecular formula is C18H33N3O2. The second kappa shape index (κ2) is 7.49. The van der Waals surface area contributed by atoms with Crippen LogP contribution in [-0.2, 0) is 4.79 Å². The van der Waals surface area contributed by atoms with Gasteiger partial charge in [0.05, 0.1) is 11.6 Å². The Morgan fingerprint density at radius 1 is 1.13 bits per heavy atom. The maximum atomic E-state index is 12.4. The SMILES string of the molecule is C[C@H](C(=O)NC1CCCC1)N1CCC(O)(CN2CCCC2)CC1. The maximum Gasteiger partial charge on any atom is 0.237 e. The second-order valence-corrected chi connectivity index (χ2v) is 7.91. The standard InChI is InChI=1S/C18H33N3O2/c1-15(17(22)19-16-6-2-3-7-16)21-12-8-18(23,9-13-21)14-20-10-4-5-11-20/h15-16,23H,2-14H2,1H3,(H,19,22)/t15-/m1/s1. The van der Waals surface area contributed by atoms with E-state index in [1.54, 1.807) is 0 Å². The summed E-state index contributed by atoms with van der Waals surface area (Å²) in [6, 6.07) is 0.314. The van der Waals surface area contributed by atoms with E-state index in [2.05, 4.69) is 15.1 Å². The van der Waals surface area contributed by atoms with E-state index in [4.69, 9.17) is 0 Å². The lowest BCUT2D eigenvalue weighted by Crippen LogP contribution is -2.55. The quantitative estimate of drug-likeness (QED) is 0.802. The molecule has 2 saturated heterocycles. The number of hydrogen-bond acceptors (Lipinski definition) is 4. The summed E-state index contributed by atoms with van der Waals surface area (Å²) in [5.74, 6) is 0.168. The van der Waals surface area contributed by atoms with Crippen molar-refractivity contribution in [2.45, 2.75) is 76.0 Å². The molecular weight excluding hydrogens is 290 g/mol. The molecule has 2 N–H and O–H groups in total. The molecule has 0 aromatic carbocycles. The molecule has 0 unspecified atom stereocenters. The molecule has 5 nitrogen and oxygen atoms in total. The zero-order chi connectivity index (χ0) is 16.3. The third-order valence-corrected chi connectivity index (χ3v) is 6.07. The summed E-state index contributed by atoms with van der Waals surface area (Å²) in [6.07, 6.45) is 8.84. The highest BCUT2D eigenvalue weighted by atomic mass is 16.3. The third kappa shape index (κ3) is 4.46. The third-order valence-electron chi connectivity index (χ3n) is 6.07. The molecule has 3 rings (SSSR count). The molecule has 0 radical (unpaired) electrons. The van der Waals surface area contributed by atoms with Crippen LogP contribution >= 0.6 is 0 Å². The van der Waals surface area contributed by atoms with Gasteiger partial charge in [-0.1, -0.05) is 12.8 Å². The van der Waals surface area contributed by atoms with E-state index < -0.39 is 5.60 Å². The van der Waals surface area contributed by atoms with E-state index >= 15 is 0 Å². The lowest BCUT2D eigenvalue weighted by Gasteiger charge is -2.42. The van der Waals surface area contributed by atoms with Crippen LogP contribution in [0, 0.1) is 0 Å². The monoisotopic (exact) mass is 323 g/mol. The zero-order valence-corrected chi connectivity index (χ0v) is 14.6. The zero-order valence-electron chi connectivity index (χ0n) is 14.6. The van der Waals surface area contributed by atoms with Gasteiger partial charge < -0.3 is 15.3 Å². The summed E-state index contributed by atoms with van der Waals surface area (Å²) in [5.41, 5.74) is -0.553. The van der Waals surface area contributed by atoms with Gasteiger partial charge in [-0.3, -0.25) is 9.69 Å². The van der Waals surface area contributed by atoms with Crippen molar-refractivity contribution in [1.82, 2.24) is 15.1 Å². The number of aliphatic hydroxyl groups is 1. The van der Waals surface area contributed by atoms with Gasteiger partial charge in [-0.05, 0) is 58.5 Å². The average Bonchev–Trinajstić information content (AvgIpc) is 3.21. The number of rotatable bonds is 5. The van der Waals surface area contributed by atoms with Crippen molar-refractivity contribution in [2.75, 3.05) is 32.7 Å². The van der Waals surface area contributed by atoms with Crippen molar-refractivity contribution in [3.05, 3.63) is 0 Å². The lowest BCUT2D eigenvalue weighted by molar-refractivity contribution is -0.128. The van der Waals surface area contributed by atoms with E-state index in [-0.39, 0.29) is 11.9 Å².